The lowest BCUT2D eigenvalue weighted by molar-refractivity contribution is 0.341. The van der Waals surface area contributed by atoms with Crippen molar-refractivity contribution in [2.45, 2.75) is 77.8 Å². The Morgan fingerprint density at radius 3 is 1.26 bits per heavy atom. The van der Waals surface area contributed by atoms with Crippen LogP contribution in [-0.4, -0.2) is 16.4 Å². The first-order valence-corrected chi connectivity index (χ1v) is 12.8. The van der Waals surface area contributed by atoms with Crippen LogP contribution >= 0.6 is 0 Å². The Morgan fingerprint density at radius 1 is 0.789 bits per heavy atom. The standard InChI is InChI=1S/C14H30F2OSi2/c1-10(2)19(11(3)4,12(5)6)14(13(15)16)17-18(7,8)9/h10-12H,1-9H3. The fraction of sp³-hybridized carbons (Fsp3) is 0.857. The van der Waals surface area contributed by atoms with Gasteiger partial charge >= 0.3 is 6.08 Å². The molecule has 0 bridgehead atoms. The van der Waals surface area contributed by atoms with Crippen molar-refractivity contribution in [2.24, 2.45) is 0 Å². The van der Waals surface area contributed by atoms with Gasteiger partial charge in [0.1, 0.15) is 13.5 Å². The van der Waals surface area contributed by atoms with Crippen molar-refractivity contribution in [3.05, 3.63) is 11.5 Å². The second kappa shape index (κ2) is 6.52. The maximum absolute atomic E-state index is 13.6. The Bertz CT molecular complexity index is 305. The molecule has 0 saturated carbocycles. The van der Waals surface area contributed by atoms with E-state index in [2.05, 4.69) is 41.5 Å². The quantitative estimate of drug-likeness (QED) is 0.421. The van der Waals surface area contributed by atoms with Crippen LogP contribution in [0.15, 0.2) is 11.5 Å². The SMILES string of the molecule is CC(C)[Si](C(O[Si](C)(C)C)=C(F)F)(C(C)C)C(C)C. The summed E-state index contributed by atoms with van der Waals surface area (Å²) in [4.78, 5) is 0. The highest BCUT2D eigenvalue weighted by Crippen LogP contribution is 2.48. The van der Waals surface area contributed by atoms with E-state index in [0.717, 1.165) is 0 Å². The molecule has 0 aliphatic heterocycles. The molecule has 5 heteroatoms. The average molecular weight is 309 g/mol. The highest BCUT2D eigenvalue weighted by molar-refractivity contribution is 6.90. The van der Waals surface area contributed by atoms with Crippen LogP contribution in [0.1, 0.15) is 41.5 Å². The molecule has 1 nitrogen and oxygen atoms in total. The van der Waals surface area contributed by atoms with Crippen LogP contribution in [-0.2, 0) is 4.43 Å². The fourth-order valence-corrected chi connectivity index (χ4v) is 11.6. The Balaban J connectivity index is 6.01. The van der Waals surface area contributed by atoms with Gasteiger partial charge in [-0.15, -0.1) is 0 Å². The first-order chi connectivity index (χ1) is 8.37. The van der Waals surface area contributed by atoms with Crippen molar-refractivity contribution in [3.63, 3.8) is 0 Å². The molecule has 114 valence electrons. The monoisotopic (exact) mass is 308 g/mol. The molecular weight excluding hydrogens is 278 g/mol. The van der Waals surface area contributed by atoms with E-state index in [-0.39, 0.29) is 22.0 Å². The molecule has 0 spiro atoms. The fourth-order valence-electron chi connectivity index (χ4n) is 3.38. The molecule has 0 aromatic carbocycles. The molecule has 0 unspecified atom stereocenters. The summed E-state index contributed by atoms with van der Waals surface area (Å²) >= 11 is 0. The second-order valence-electron chi connectivity index (χ2n) is 7.20. The predicted molar refractivity (Wildman–Crippen MR) is 84.7 cm³/mol. The summed E-state index contributed by atoms with van der Waals surface area (Å²) in [6, 6.07) is 0. The smallest absolute Gasteiger partial charge is 0.300 e. The van der Waals surface area contributed by atoms with E-state index in [9.17, 15) is 8.78 Å². The minimum absolute atomic E-state index is 0.0756. The zero-order valence-electron chi connectivity index (χ0n) is 13.9. The van der Waals surface area contributed by atoms with Gasteiger partial charge < -0.3 is 4.43 Å². The van der Waals surface area contributed by atoms with Crippen molar-refractivity contribution in [1.82, 2.24) is 0 Å². The van der Waals surface area contributed by atoms with Gasteiger partial charge in [-0.2, -0.15) is 8.78 Å². The van der Waals surface area contributed by atoms with Gasteiger partial charge in [-0.25, -0.2) is 0 Å². The summed E-state index contributed by atoms with van der Waals surface area (Å²) in [6.45, 7) is 18.3. The Labute approximate surface area is 119 Å². The largest absolute Gasteiger partial charge is 0.547 e. The van der Waals surface area contributed by atoms with E-state index in [0.29, 0.717) is 0 Å². The average Bonchev–Trinajstić information content (AvgIpc) is 2.12. The normalized spacial score (nSPS) is 13.4. The summed E-state index contributed by atoms with van der Waals surface area (Å²) in [5.41, 5.74) is 0.709. The third-order valence-corrected chi connectivity index (χ3v) is 11.7. The number of rotatable bonds is 6. The number of halogens is 2. The third kappa shape index (κ3) is 4.15. The minimum atomic E-state index is -2.39. The molecule has 0 aliphatic rings. The summed E-state index contributed by atoms with van der Waals surface area (Å²) in [5, 5.41) is 0.0756. The van der Waals surface area contributed by atoms with Crippen LogP contribution in [0.4, 0.5) is 8.78 Å². The van der Waals surface area contributed by atoms with Gasteiger partial charge in [0.25, 0.3) is 0 Å². The van der Waals surface area contributed by atoms with Gasteiger partial charge in [-0.1, -0.05) is 41.5 Å². The maximum Gasteiger partial charge on any atom is 0.300 e. The molecule has 0 rings (SSSR count). The summed E-state index contributed by atoms with van der Waals surface area (Å²) in [6.07, 6.45) is -1.59. The molecule has 19 heavy (non-hydrogen) atoms. The summed E-state index contributed by atoms with van der Waals surface area (Å²) in [7, 11) is -4.42. The Hall–Kier alpha value is -0.166. The first kappa shape index (κ1) is 18.8. The minimum Gasteiger partial charge on any atom is -0.547 e. The van der Waals surface area contributed by atoms with Crippen molar-refractivity contribution < 1.29 is 13.2 Å². The lowest BCUT2D eigenvalue weighted by Crippen LogP contribution is -2.50. The molecule has 0 fully saturated rings. The van der Waals surface area contributed by atoms with Crippen LogP contribution in [0.25, 0.3) is 0 Å². The third-order valence-electron chi connectivity index (χ3n) is 3.84. The highest BCUT2D eigenvalue weighted by atomic mass is 28.4. The molecule has 0 saturated heterocycles. The van der Waals surface area contributed by atoms with Gasteiger partial charge in [0, 0.05) is 0 Å². The number of hydrogen-bond acceptors (Lipinski definition) is 1. The van der Waals surface area contributed by atoms with Crippen LogP contribution in [0.3, 0.4) is 0 Å². The van der Waals surface area contributed by atoms with Gasteiger partial charge in [-0.3, -0.25) is 0 Å². The number of hydrogen-bond donors (Lipinski definition) is 0. The van der Waals surface area contributed by atoms with E-state index in [1.165, 1.54) is 0 Å². The van der Waals surface area contributed by atoms with Crippen LogP contribution in [0.2, 0.25) is 36.3 Å². The summed E-state index contributed by atoms with van der Waals surface area (Å²) < 4.78 is 33.1. The van der Waals surface area contributed by atoms with Gasteiger partial charge in [0.15, 0.2) is 0 Å². The van der Waals surface area contributed by atoms with Gasteiger partial charge in [0.05, 0.1) is 0 Å². The topological polar surface area (TPSA) is 9.23 Å². The molecule has 0 atom stereocenters. The molecule has 0 radical (unpaired) electrons. The van der Waals surface area contributed by atoms with Gasteiger partial charge in [0.2, 0.25) is 8.32 Å². The zero-order valence-corrected chi connectivity index (χ0v) is 15.9. The Kier molecular flexibility index (Phi) is 6.47. The maximum atomic E-state index is 13.6. The summed E-state index contributed by atoms with van der Waals surface area (Å²) in [5.74, 6) is 0. The van der Waals surface area contributed by atoms with Crippen molar-refractivity contribution >= 4 is 16.4 Å². The van der Waals surface area contributed by atoms with E-state index >= 15 is 0 Å². The molecular formula is C14H30F2OSi2. The lowest BCUT2D eigenvalue weighted by atomic mass is 10.5. The van der Waals surface area contributed by atoms with E-state index in [1.54, 1.807) is 0 Å². The van der Waals surface area contributed by atoms with Crippen LogP contribution in [0.5, 0.6) is 0 Å². The molecule has 0 aromatic rings. The Morgan fingerprint density at radius 2 is 1.11 bits per heavy atom. The molecule has 0 amide bonds. The van der Waals surface area contributed by atoms with Crippen molar-refractivity contribution in [1.29, 1.82) is 0 Å². The van der Waals surface area contributed by atoms with Crippen molar-refractivity contribution in [2.75, 3.05) is 0 Å². The molecule has 0 aromatic heterocycles. The molecule has 0 heterocycles. The highest BCUT2D eigenvalue weighted by Gasteiger charge is 2.50. The van der Waals surface area contributed by atoms with Gasteiger partial charge in [-0.05, 0) is 36.3 Å². The van der Waals surface area contributed by atoms with E-state index in [1.807, 2.05) is 19.6 Å². The lowest BCUT2D eigenvalue weighted by Gasteiger charge is -2.45. The first-order valence-electron chi connectivity index (χ1n) is 7.12. The van der Waals surface area contributed by atoms with E-state index in [4.69, 9.17) is 4.43 Å². The van der Waals surface area contributed by atoms with Crippen molar-refractivity contribution in [3.8, 4) is 0 Å². The molecule has 0 aliphatic carbocycles. The van der Waals surface area contributed by atoms with Crippen LogP contribution < -0.4 is 0 Å². The second-order valence-corrected chi connectivity index (χ2v) is 17.4. The van der Waals surface area contributed by atoms with E-state index < -0.39 is 22.5 Å². The predicted octanol–water partition coefficient (Wildman–Crippen LogP) is 6.16. The van der Waals surface area contributed by atoms with Crippen LogP contribution in [0, 0.1) is 0 Å². The zero-order chi connectivity index (χ0) is 15.6. The molecule has 0 N–H and O–H groups in total.